The summed E-state index contributed by atoms with van der Waals surface area (Å²) in [4.78, 5) is 19.1. The van der Waals surface area contributed by atoms with Gasteiger partial charge in [0.1, 0.15) is 0 Å². The number of anilines is 1. The van der Waals surface area contributed by atoms with Gasteiger partial charge in [-0.25, -0.2) is 9.59 Å². The minimum absolute atomic E-state index is 0.110. The molecular weight excluding hydrogens is 544 g/mol. The van der Waals surface area contributed by atoms with Crippen molar-refractivity contribution in [2.45, 2.75) is 51.3 Å². The van der Waals surface area contributed by atoms with E-state index >= 15 is 0 Å². The molecule has 0 bridgehead atoms. The Morgan fingerprint density at radius 2 is 1.75 bits per heavy atom. The monoisotopic (exact) mass is 578 g/mol. The summed E-state index contributed by atoms with van der Waals surface area (Å²) in [6.45, 7) is 7.50. The van der Waals surface area contributed by atoms with E-state index in [9.17, 15) is 14.7 Å². The summed E-state index contributed by atoms with van der Waals surface area (Å²) in [6.07, 6.45) is 1.64. The van der Waals surface area contributed by atoms with Crippen molar-refractivity contribution in [3.63, 3.8) is 0 Å². The van der Waals surface area contributed by atoms with Crippen LogP contribution in [0.4, 0.5) is 5.69 Å². The maximum absolute atomic E-state index is 11.0. The third-order valence-electron chi connectivity index (χ3n) is 5.82. The molecule has 9 heteroatoms. The molecule has 0 amide bonds. The molecule has 2 aromatic carbocycles. The molecular formula is C27H35BrN2O5S. The van der Waals surface area contributed by atoms with Crippen LogP contribution in [0, 0.1) is 5.92 Å². The first-order chi connectivity index (χ1) is 16.9. The molecule has 1 saturated heterocycles. The van der Waals surface area contributed by atoms with E-state index in [0.717, 1.165) is 34.6 Å². The van der Waals surface area contributed by atoms with Crippen molar-refractivity contribution in [1.82, 2.24) is 5.32 Å². The summed E-state index contributed by atoms with van der Waals surface area (Å²) in [5, 5.41) is 30.2. The van der Waals surface area contributed by atoms with Gasteiger partial charge in [-0.15, -0.1) is 0 Å². The van der Waals surface area contributed by atoms with Crippen LogP contribution in [0.3, 0.4) is 0 Å². The van der Waals surface area contributed by atoms with Crippen molar-refractivity contribution in [3.05, 3.63) is 75.8 Å². The van der Waals surface area contributed by atoms with E-state index in [1.54, 1.807) is 0 Å². The maximum Gasteiger partial charge on any atom is 0.328 e. The molecule has 0 unspecified atom stereocenters. The molecule has 0 saturated carbocycles. The van der Waals surface area contributed by atoms with Crippen LogP contribution in [0.1, 0.15) is 37.5 Å². The van der Waals surface area contributed by atoms with Gasteiger partial charge in [0, 0.05) is 40.7 Å². The van der Waals surface area contributed by atoms with E-state index in [0.29, 0.717) is 12.2 Å². The number of aliphatic hydroxyl groups excluding tert-OH is 1. The Labute approximate surface area is 225 Å². The van der Waals surface area contributed by atoms with Crippen molar-refractivity contribution < 1.29 is 24.9 Å². The molecule has 3 atom stereocenters. The highest BCUT2D eigenvalue weighted by Gasteiger charge is 2.32. The summed E-state index contributed by atoms with van der Waals surface area (Å²) in [7, 11) is 0. The fourth-order valence-corrected chi connectivity index (χ4v) is 5.52. The molecule has 1 aliphatic rings. The van der Waals surface area contributed by atoms with Crippen LogP contribution in [-0.2, 0) is 28.0 Å². The van der Waals surface area contributed by atoms with E-state index in [1.807, 2.05) is 17.8 Å². The number of carboxylic acids is 2. The van der Waals surface area contributed by atoms with Gasteiger partial charge in [0.25, 0.3) is 0 Å². The van der Waals surface area contributed by atoms with Crippen LogP contribution in [-0.4, -0.2) is 50.9 Å². The molecule has 0 aliphatic carbocycles. The molecule has 196 valence electrons. The maximum atomic E-state index is 11.0. The fourth-order valence-electron chi connectivity index (χ4n) is 3.77. The predicted molar refractivity (Wildman–Crippen MR) is 149 cm³/mol. The average Bonchev–Trinajstić information content (AvgIpc) is 2.81. The predicted octanol–water partition coefficient (Wildman–Crippen LogP) is 4.47. The topological polar surface area (TPSA) is 133 Å². The molecule has 2 aromatic rings. The number of benzene rings is 2. The third-order valence-corrected chi connectivity index (χ3v) is 7.76. The first-order valence-electron chi connectivity index (χ1n) is 11.6. The second-order valence-corrected chi connectivity index (χ2v) is 11.7. The lowest BCUT2D eigenvalue weighted by Gasteiger charge is -2.35. The molecule has 3 rings (SSSR count). The average molecular weight is 580 g/mol. The normalized spacial score (nSPS) is 20.0. The number of hydrogen-bond acceptors (Lipinski definition) is 6. The molecule has 0 spiro atoms. The second-order valence-electron chi connectivity index (χ2n) is 9.80. The Morgan fingerprint density at radius 1 is 1.08 bits per heavy atom. The highest BCUT2D eigenvalue weighted by atomic mass is 79.9. The Morgan fingerprint density at radius 3 is 2.33 bits per heavy atom. The Hall–Kier alpha value is -2.33. The number of nitrogen functional groups attached to an aromatic ring is 1. The van der Waals surface area contributed by atoms with Gasteiger partial charge < -0.3 is 26.4 Å². The first-order valence-corrected chi connectivity index (χ1v) is 13.6. The van der Waals surface area contributed by atoms with E-state index in [4.69, 9.17) is 15.9 Å². The van der Waals surface area contributed by atoms with Gasteiger partial charge in [-0.1, -0.05) is 51.1 Å². The van der Waals surface area contributed by atoms with Crippen molar-refractivity contribution in [2.24, 2.45) is 5.92 Å². The molecule has 6 N–H and O–H groups in total. The zero-order chi connectivity index (χ0) is 26.9. The number of nitrogens with one attached hydrogen (secondary N) is 1. The van der Waals surface area contributed by atoms with Gasteiger partial charge in [0.2, 0.25) is 0 Å². The lowest BCUT2D eigenvalue weighted by molar-refractivity contribution is -0.134. The van der Waals surface area contributed by atoms with E-state index in [1.165, 1.54) is 16.7 Å². The van der Waals surface area contributed by atoms with Crippen molar-refractivity contribution in [1.29, 1.82) is 0 Å². The third kappa shape index (κ3) is 9.97. The van der Waals surface area contributed by atoms with Crippen LogP contribution in [0.2, 0.25) is 0 Å². The summed E-state index contributed by atoms with van der Waals surface area (Å²) in [5.74, 6) is -0.337. The number of halogens is 1. The fraction of sp³-hybridized carbons (Fsp3) is 0.407. The Kier molecular flexibility index (Phi) is 11.5. The zero-order valence-corrected chi connectivity index (χ0v) is 23.2. The highest BCUT2D eigenvalue weighted by molar-refractivity contribution is 9.10. The van der Waals surface area contributed by atoms with Gasteiger partial charge in [-0.3, -0.25) is 0 Å². The molecule has 0 radical (unpaired) electrons. The number of rotatable bonds is 7. The molecule has 0 aromatic heterocycles. The quantitative estimate of drug-likeness (QED) is 0.240. The second kappa shape index (κ2) is 13.8. The Bertz CT molecular complexity index is 1050. The number of carboxylic acid groups (broad SMARTS) is 2. The van der Waals surface area contributed by atoms with E-state index in [2.05, 4.69) is 78.4 Å². The largest absolute Gasteiger partial charge is 0.478 e. The van der Waals surface area contributed by atoms with Gasteiger partial charge in [0.05, 0.1) is 6.10 Å². The summed E-state index contributed by atoms with van der Waals surface area (Å²) >= 11 is 5.43. The first kappa shape index (κ1) is 29.9. The number of thioether (sulfide) groups is 1. The van der Waals surface area contributed by atoms with Crippen molar-refractivity contribution in [3.8, 4) is 0 Å². The number of hydrogen-bond donors (Lipinski definition) is 5. The highest BCUT2D eigenvalue weighted by Crippen LogP contribution is 2.29. The lowest BCUT2D eigenvalue weighted by atomic mass is 9.86. The van der Waals surface area contributed by atoms with Crippen LogP contribution in [0.25, 0.3) is 0 Å². The SMILES string of the molecule is CC(C)(C)c1cccc(CN[C@H]2CSC[C@@H](Cc3ccc(N)c(Br)c3)[C@@H]2O)c1.O=C(O)C=CC(=O)O. The molecule has 7 nitrogen and oxygen atoms in total. The number of nitrogens with two attached hydrogens (primary N) is 1. The van der Waals surface area contributed by atoms with Crippen LogP contribution in [0.5, 0.6) is 0 Å². The smallest absolute Gasteiger partial charge is 0.328 e. The van der Waals surface area contributed by atoms with Gasteiger partial charge in [-0.2, -0.15) is 11.8 Å². The molecule has 1 aliphatic heterocycles. The summed E-state index contributed by atoms with van der Waals surface area (Å²) < 4.78 is 0.927. The van der Waals surface area contributed by atoms with Crippen LogP contribution < -0.4 is 11.1 Å². The number of aliphatic hydroxyl groups is 1. The minimum atomic E-state index is -1.26. The van der Waals surface area contributed by atoms with Gasteiger partial charge in [0.15, 0.2) is 0 Å². The summed E-state index contributed by atoms with van der Waals surface area (Å²) in [5.41, 5.74) is 10.6. The number of aliphatic carboxylic acids is 2. The van der Waals surface area contributed by atoms with Gasteiger partial charge in [-0.05, 0) is 68.3 Å². The molecule has 1 fully saturated rings. The molecule has 1 heterocycles. The standard InChI is InChI=1S/C23H31BrN2OS.C4H4O4/c1-23(2,3)18-6-4-5-16(10-18)12-26-21-14-28-13-17(22(21)27)9-15-7-8-20(25)19(24)11-15;5-3(6)1-2-4(7)8/h4-8,10-11,17,21-22,26-27H,9,12-14,25H2,1-3H3;1-2H,(H,5,6)(H,7,8)/t17-,21+,22+;/m1./s1. The van der Waals surface area contributed by atoms with E-state index < -0.39 is 11.9 Å². The van der Waals surface area contributed by atoms with Crippen molar-refractivity contribution in [2.75, 3.05) is 17.2 Å². The molecule has 36 heavy (non-hydrogen) atoms. The lowest BCUT2D eigenvalue weighted by Crippen LogP contribution is -2.49. The van der Waals surface area contributed by atoms with Crippen LogP contribution >= 0.6 is 27.7 Å². The van der Waals surface area contributed by atoms with Gasteiger partial charge >= 0.3 is 11.9 Å². The van der Waals surface area contributed by atoms with Crippen molar-refractivity contribution >= 4 is 45.3 Å². The summed E-state index contributed by atoms with van der Waals surface area (Å²) in [6, 6.07) is 14.9. The zero-order valence-electron chi connectivity index (χ0n) is 20.8. The van der Waals surface area contributed by atoms with Crippen LogP contribution in [0.15, 0.2) is 59.1 Å². The Balaban J connectivity index is 0.000000493. The van der Waals surface area contributed by atoms with E-state index in [-0.39, 0.29) is 23.5 Å². The minimum Gasteiger partial charge on any atom is -0.478 e. The number of carbonyl (C=O) groups is 2.